The van der Waals surface area contributed by atoms with Crippen molar-refractivity contribution in [2.75, 3.05) is 17.6 Å². The smallest absolute Gasteiger partial charge is 0.257 e. The van der Waals surface area contributed by atoms with E-state index in [9.17, 15) is 9.59 Å². The molecule has 172 valence electrons. The number of oxazole rings is 1. The van der Waals surface area contributed by atoms with Gasteiger partial charge in [-0.1, -0.05) is 90.6 Å². The first-order valence-corrected chi connectivity index (χ1v) is 11.9. The lowest BCUT2D eigenvalue weighted by molar-refractivity contribution is -0.122. The van der Waals surface area contributed by atoms with Crippen molar-refractivity contribution in [2.45, 2.75) is 19.1 Å². The lowest BCUT2D eigenvalue weighted by atomic mass is 10.1. The van der Waals surface area contributed by atoms with Crippen molar-refractivity contribution in [3.63, 3.8) is 0 Å². The number of benzene rings is 3. The summed E-state index contributed by atoms with van der Waals surface area (Å²) in [5.41, 5.74) is 5.29. The predicted octanol–water partition coefficient (Wildman–Crippen LogP) is 5.47. The van der Waals surface area contributed by atoms with E-state index in [1.165, 1.54) is 11.8 Å². The van der Waals surface area contributed by atoms with Crippen LogP contribution in [0.15, 0.2) is 88.5 Å². The van der Waals surface area contributed by atoms with Gasteiger partial charge in [-0.25, -0.2) is 4.98 Å². The van der Waals surface area contributed by atoms with E-state index in [0.29, 0.717) is 11.0 Å². The number of carbonyl (C=O) groups excluding carboxylic acids is 2. The van der Waals surface area contributed by atoms with E-state index < -0.39 is 0 Å². The lowest BCUT2D eigenvalue weighted by Crippen LogP contribution is -2.34. The van der Waals surface area contributed by atoms with Gasteiger partial charge < -0.3 is 15.1 Å². The molecule has 0 fully saturated rings. The number of carbonyl (C=O) groups is 2. The second kappa shape index (κ2) is 10.9. The Kier molecular flexibility index (Phi) is 7.44. The van der Waals surface area contributed by atoms with Crippen LogP contribution in [0.1, 0.15) is 11.1 Å². The highest BCUT2D eigenvalue weighted by atomic mass is 32.2. The molecule has 3 aromatic carbocycles. The minimum atomic E-state index is -0.276. The molecule has 0 spiro atoms. The summed E-state index contributed by atoms with van der Waals surface area (Å²) in [6.45, 7) is 3.76. The average Bonchev–Trinajstić information content (AvgIpc) is 3.29. The SMILES string of the molecule is Cc1cccc(C)c1NC(=O)CNC(=O)CSc1nc(-c2ccccc2)c(-c2ccccc2)o1. The zero-order valence-electron chi connectivity index (χ0n) is 19.0. The van der Waals surface area contributed by atoms with E-state index in [1.54, 1.807) is 0 Å². The zero-order chi connectivity index (χ0) is 23.9. The Morgan fingerprint density at radius 2 is 1.44 bits per heavy atom. The molecule has 2 amide bonds. The van der Waals surface area contributed by atoms with E-state index in [4.69, 9.17) is 4.42 Å². The summed E-state index contributed by atoms with van der Waals surface area (Å²) >= 11 is 1.19. The fourth-order valence-corrected chi connectivity index (χ4v) is 4.15. The number of hydrogen-bond donors (Lipinski definition) is 2. The van der Waals surface area contributed by atoms with Crippen LogP contribution in [-0.4, -0.2) is 29.1 Å². The predicted molar refractivity (Wildman–Crippen MR) is 136 cm³/mol. The molecular weight excluding hydrogens is 446 g/mol. The molecule has 0 unspecified atom stereocenters. The van der Waals surface area contributed by atoms with Crippen molar-refractivity contribution in [3.8, 4) is 22.6 Å². The van der Waals surface area contributed by atoms with Crippen molar-refractivity contribution in [3.05, 3.63) is 90.0 Å². The third-order valence-corrected chi connectivity index (χ3v) is 6.04. The largest absolute Gasteiger partial charge is 0.431 e. The highest BCUT2D eigenvalue weighted by molar-refractivity contribution is 7.99. The van der Waals surface area contributed by atoms with Crippen LogP contribution in [0.3, 0.4) is 0 Å². The molecule has 0 radical (unpaired) electrons. The highest BCUT2D eigenvalue weighted by Crippen LogP contribution is 2.35. The molecule has 0 saturated heterocycles. The lowest BCUT2D eigenvalue weighted by Gasteiger charge is -2.11. The van der Waals surface area contributed by atoms with Crippen LogP contribution >= 0.6 is 11.8 Å². The maximum atomic E-state index is 12.4. The van der Waals surface area contributed by atoms with Gasteiger partial charge in [-0.3, -0.25) is 9.59 Å². The number of nitrogens with one attached hydrogen (secondary N) is 2. The average molecular weight is 472 g/mol. The van der Waals surface area contributed by atoms with E-state index in [1.807, 2.05) is 92.7 Å². The molecule has 1 heterocycles. The van der Waals surface area contributed by atoms with E-state index in [0.717, 1.165) is 33.6 Å². The number of nitrogens with zero attached hydrogens (tertiary/aromatic N) is 1. The summed E-state index contributed by atoms with van der Waals surface area (Å²) in [5, 5.41) is 5.91. The number of aromatic nitrogens is 1. The Balaban J connectivity index is 1.38. The molecule has 1 aromatic heterocycles. The first-order chi connectivity index (χ1) is 16.5. The van der Waals surface area contributed by atoms with Gasteiger partial charge in [0.25, 0.3) is 5.22 Å². The van der Waals surface area contributed by atoms with Crippen LogP contribution in [0.4, 0.5) is 5.69 Å². The van der Waals surface area contributed by atoms with Crippen LogP contribution in [0.5, 0.6) is 0 Å². The van der Waals surface area contributed by atoms with Gasteiger partial charge in [0.2, 0.25) is 11.8 Å². The van der Waals surface area contributed by atoms with Crippen molar-refractivity contribution in [2.24, 2.45) is 0 Å². The standard InChI is InChI=1S/C27H25N3O3S/c1-18-10-9-11-19(2)24(18)29-22(31)16-28-23(32)17-34-27-30-25(20-12-5-3-6-13-20)26(33-27)21-14-7-4-8-15-21/h3-15H,16-17H2,1-2H3,(H,28,32)(H,29,31). The summed E-state index contributed by atoms with van der Waals surface area (Å²) in [5.74, 6) is 0.189. The van der Waals surface area contributed by atoms with Gasteiger partial charge in [-0.15, -0.1) is 0 Å². The third kappa shape index (κ3) is 5.74. The van der Waals surface area contributed by atoms with Crippen LogP contribution in [0.25, 0.3) is 22.6 Å². The molecule has 4 rings (SSSR count). The normalized spacial score (nSPS) is 10.6. The number of anilines is 1. The molecule has 0 aliphatic heterocycles. The van der Waals surface area contributed by atoms with Crippen molar-refractivity contribution >= 4 is 29.3 Å². The number of para-hydroxylation sites is 1. The number of amides is 2. The summed E-state index contributed by atoms with van der Waals surface area (Å²) < 4.78 is 6.03. The summed E-state index contributed by atoms with van der Waals surface area (Å²) in [6, 6.07) is 25.3. The number of aryl methyl sites for hydroxylation is 2. The van der Waals surface area contributed by atoms with Gasteiger partial charge in [-0.2, -0.15) is 0 Å². The van der Waals surface area contributed by atoms with Crippen molar-refractivity contribution in [1.82, 2.24) is 10.3 Å². The Hall–Kier alpha value is -3.84. The van der Waals surface area contributed by atoms with Gasteiger partial charge in [0.05, 0.1) is 12.3 Å². The minimum absolute atomic E-state index is 0.0830. The molecule has 7 heteroatoms. The molecule has 0 saturated carbocycles. The second-order valence-corrected chi connectivity index (χ2v) is 8.70. The minimum Gasteiger partial charge on any atom is -0.431 e. The quantitative estimate of drug-likeness (QED) is 0.333. The van der Waals surface area contributed by atoms with Crippen LogP contribution < -0.4 is 10.6 Å². The summed E-state index contributed by atoms with van der Waals surface area (Å²) in [4.78, 5) is 29.3. The van der Waals surface area contributed by atoms with E-state index >= 15 is 0 Å². The molecule has 6 nitrogen and oxygen atoms in total. The first kappa shape index (κ1) is 23.3. The maximum absolute atomic E-state index is 12.4. The monoisotopic (exact) mass is 471 g/mol. The maximum Gasteiger partial charge on any atom is 0.257 e. The van der Waals surface area contributed by atoms with Crippen molar-refractivity contribution < 1.29 is 14.0 Å². The third-order valence-electron chi connectivity index (χ3n) is 5.21. The Morgan fingerprint density at radius 1 is 0.824 bits per heavy atom. The molecule has 0 atom stereocenters. The van der Waals surface area contributed by atoms with Crippen LogP contribution in [0, 0.1) is 13.8 Å². The molecule has 0 bridgehead atoms. The summed E-state index contributed by atoms with van der Waals surface area (Å²) in [7, 11) is 0. The van der Waals surface area contributed by atoms with Gasteiger partial charge >= 0.3 is 0 Å². The molecule has 0 aliphatic carbocycles. The molecule has 34 heavy (non-hydrogen) atoms. The molecule has 2 N–H and O–H groups in total. The zero-order valence-corrected chi connectivity index (χ0v) is 19.8. The fourth-order valence-electron chi connectivity index (χ4n) is 3.49. The van der Waals surface area contributed by atoms with Gasteiger partial charge in [0, 0.05) is 16.8 Å². The Bertz CT molecular complexity index is 1210. The van der Waals surface area contributed by atoms with E-state index in [-0.39, 0.29) is 24.1 Å². The molecule has 0 aliphatic rings. The van der Waals surface area contributed by atoms with Crippen LogP contribution in [-0.2, 0) is 9.59 Å². The Morgan fingerprint density at radius 3 is 2.09 bits per heavy atom. The second-order valence-electron chi connectivity index (χ2n) is 7.77. The fraction of sp³-hybridized carbons (Fsp3) is 0.148. The van der Waals surface area contributed by atoms with Gasteiger partial charge in [0.1, 0.15) is 5.69 Å². The first-order valence-electron chi connectivity index (χ1n) is 10.9. The van der Waals surface area contributed by atoms with Gasteiger partial charge in [-0.05, 0) is 25.0 Å². The number of rotatable bonds is 8. The van der Waals surface area contributed by atoms with Crippen LogP contribution in [0.2, 0.25) is 0 Å². The van der Waals surface area contributed by atoms with Gasteiger partial charge in [0.15, 0.2) is 5.76 Å². The Labute approximate surface area is 202 Å². The highest BCUT2D eigenvalue weighted by Gasteiger charge is 2.18. The molecular formula is C27H25N3O3S. The summed E-state index contributed by atoms with van der Waals surface area (Å²) in [6.07, 6.45) is 0. The van der Waals surface area contributed by atoms with Crippen molar-refractivity contribution in [1.29, 1.82) is 0 Å². The number of thioether (sulfide) groups is 1. The molecule has 4 aromatic rings. The topological polar surface area (TPSA) is 84.2 Å². The van der Waals surface area contributed by atoms with E-state index in [2.05, 4.69) is 15.6 Å². The number of hydrogen-bond acceptors (Lipinski definition) is 5.